The van der Waals surface area contributed by atoms with E-state index in [2.05, 4.69) is 14.9 Å². The van der Waals surface area contributed by atoms with E-state index in [1.807, 2.05) is 0 Å². The fourth-order valence-corrected chi connectivity index (χ4v) is 2.16. The Kier molecular flexibility index (Phi) is 8.05. The first-order valence-corrected chi connectivity index (χ1v) is 7.74. The maximum absolute atomic E-state index is 10.9. The molecule has 1 aromatic carbocycles. The second-order valence-corrected chi connectivity index (χ2v) is 5.44. The van der Waals surface area contributed by atoms with Crippen molar-refractivity contribution < 1.29 is 32.6 Å². The van der Waals surface area contributed by atoms with Crippen molar-refractivity contribution in [3.63, 3.8) is 0 Å². The summed E-state index contributed by atoms with van der Waals surface area (Å²) in [4.78, 5) is 19.3. The van der Waals surface area contributed by atoms with E-state index >= 15 is 0 Å². The highest BCUT2D eigenvalue weighted by atomic mass is 19.4. The number of nitrogens with zero attached hydrogens (tertiary/aromatic N) is 3. The van der Waals surface area contributed by atoms with Crippen LogP contribution < -0.4 is 11.5 Å². The van der Waals surface area contributed by atoms with Crippen molar-refractivity contribution in [1.29, 1.82) is 0 Å². The van der Waals surface area contributed by atoms with Gasteiger partial charge in [0, 0.05) is 17.7 Å². The summed E-state index contributed by atoms with van der Waals surface area (Å²) in [5.74, 6) is -2.76. The van der Waals surface area contributed by atoms with Crippen LogP contribution in [0.1, 0.15) is 37.3 Å². The van der Waals surface area contributed by atoms with Gasteiger partial charge in [0.25, 0.3) is 0 Å². The van der Waals surface area contributed by atoms with E-state index in [0.29, 0.717) is 12.1 Å². The number of benzene rings is 1. The summed E-state index contributed by atoms with van der Waals surface area (Å²) in [6.07, 6.45) is -1.40. The summed E-state index contributed by atoms with van der Waals surface area (Å²) < 4.78 is 36.3. The molecule has 1 heterocycles. The lowest BCUT2D eigenvalue weighted by atomic mass is 9.99. The summed E-state index contributed by atoms with van der Waals surface area (Å²) in [7, 11) is 0. The molecule has 1 unspecified atom stereocenters. The van der Waals surface area contributed by atoms with Gasteiger partial charge in [-0.05, 0) is 35.8 Å². The number of carbonyl (C=O) groups is 1. The Morgan fingerprint density at radius 2 is 1.85 bits per heavy atom. The number of nitro groups is 1. The summed E-state index contributed by atoms with van der Waals surface area (Å²) in [5, 5.41) is 25.3. The van der Waals surface area contributed by atoms with Gasteiger partial charge in [-0.1, -0.05) is 12.8 Å². The molecule has 1 atom stereocenters. The van der Waals surface area contributed by atoms with Crippen molar-refractivity contribution in [2.45, 2.75) is 37.9 Å². The van der Waals surface area contributed by atoms with Gasteiger partial charge in [0.05, 0.1) is 4.92 Å². The van der Waals surface area contributed by atoms with E-state index in [-0.39, 0.29) is 17.2 Å². The SMILES string of the molecule is NCCCCCC(N)c1ccc([N+](=O)[O-])c2nonc12.O=C(O)C(F)(F)F. The molecular formula is C14H18F3N5O5. The van der Waals surface area contributed by atoms with Crippen LogP contribution in [0.15, 0.2) is 16.8 Å². The number of carboxylic acid groups (broad SMARTS) is 1. The fourth-order valence-electron chi connectivity index (χ4n) is 2.16. The van der Waals surface area contributed by atoms with Crippen LogP contribution >= 0.6 is 0 Å². The lowest BCUT2D eigenvalue weighted by Gasteiger charge is -2.11. The number of non-ortho nitro benzene ring substituents is 1. The first-order chi connectivity index (χ1) is 12.6. The topological polar surface area (TPSA) is 171 Å². The van der Waals surface area contributed by atoms with Gasteiger partial charge in [-0.2, -0.15) is 13.2 Å². The summed E-state index contributed by atoms with van der Waals surface area (Å²) in [6, 6.07) is 2.77. The van der Waals surface area contributed by atoms with Gasteiger partial charge in [0.15, 0.2) is 0 Å². The molecule has 1 aromatic heterocycles. The van der Waals surface area contributed by atoms with Gasteiger partial charge in [-0.3, -0.25) is 10.1 Å². The molecule has 0 aliphatic rings. The number of hydrogen-bond acceptors (Lipinski definition) is 8. The first kappa shape index (κ1) is 22.2. The van der Waals surface area contributed by atoms with Gasteiger partial charge >= 0.3 is 17.8 Å². The number of aromatic nitrogens is 2. The molecule has 0 amide bonds. The van der Waals surface area contributed by atoms with Crippen molar-refractivity contribution in [3.8, 4) is 0 Å². The monoisotopic (exact) mass is 393 g/mol. The normalized spacial score (nSPS) is 12.3. The molecule has 0 fully saturated rings. The zero-order valence-corrected chi connectivity index (χ0v) is 14.0. The number of alkyl halides is 3. The Balaban J connectivity index is 0.000000445. The smallest absolute Gasteiger partial charge is 0.475 e. The van der Waals surface area contributed by atoms with Crippen LogP contribution in [0, 0.1) is 10.1 Å². The molecule has 0 spiro atoms. The first-order valence-electron chi connectivity index (χ1n) is 7.74. The summed E-state index contributed by atoms with van der Waals surface area (Å²) >= 11 is 0. The number of nitrogens with two attached hydrogens (primary N) is 2. The van der Waals surface area contributed by atoms with Crippen LogP contribution in [0.25, 0.3) is 11.0 Å². The number of halogens is 3. The van der Waals surface area contributed by atoms with E-state index in [4.69, 9.17) is 21.4 Å². The molecular weight excluding hydrogens is 375 g/mol. The standard InChI is InChI=1S/C12H17N5O3.C2HF3O2/c13-7-3-1-2-4-9(14)8-5-6-10(17(18)19)12-11(8)15-20-16-12;3-2(4,5)1(6)7/h5-6,9H,1-4,7,13-14H2;(H,6,7). The molecule has 27 heavy (non-hydrogen) atoms. The quantitative estimate of drug-likeness (QED) is 0.362. The van der Waals surface area contributed by atoms with Gasteiger partial charge < -0.3 is 16.6 Å². The van der Waals surface area contributed by atoms with E-state index < -0.39 is 17.1 Å². The number of nitro benzene ring substituents is 1. The summed E-state index contributed by atoms with van der Waals surface area (Å²) in [6.45, 7) is 0.671. The molecule has 2 rings (SSSR count). The number of aliphatic carboxylic acids is 1. The number of fused-ring (bicyclic) bond motifs is 1. The van der Waals surface area contributed by atoms with Crippen LogP contribution in [0.4, 0.5) is 18.9 Å². The third kappa shape index (κ3) is 6.45. The molecule has 5 N–H and O–H groups in total. The molecule has 150 valence electrons. The third-order valence-electron chi connectivity index (χ3n) is 3.48. The maximum atomic E-state index is 10.9. The Morgan fingerprint density at radius 3 is 2.37 bits per heavy atom. The maximum Gasteiger partial charge on any atom is 0.490 e. The number of rotatable bonds is 7. The minimum absolute atomic E-state index is 0.125. The summed E-state index contributed by atoms with van der Waals surface area (Å²) in [5.41, 5.74) is 12.7. The second-order valence-electron chi connectivity index (χ2n) is 5.44. The van der Waals surface area contributed by atoms with Crippen molar-refractivity contribution in [2.24, 2.45) is 11.5 Å². The third-order valence-corrected chi connectivity index (χ3v) is 3.48. The predicted molar refractivity (Wildman–Crippen MR) is 86.6 cm³/mol. The fraction of sp³-hybridized carbons (Fsp3) is 0.500. The lowest BCUT2D eigenvalue weighted by Crippen LogP contribution is -2.21. The largest absolute Gasteiger partial charge is 0.490 e. The highest BCUT2D eigenvalue weighted by Gasteiger charge is 2.38. The van der Waals surface area contributed by atoms with Crippen molar-refractivity contribution in [3.05, 3.63) is 27.8 Å². The van der Waals surface area contributed by atoms with Crippen LogP contribution in [0.2, 0.25) is 0 Å². The molecule has 0 bridgehead atoms. The van der Waals surface area contributed by atoms with E-state index in [9.17, 15) is 23.3 Å². The van der Waals surface area contributed by atoms with Crippen LogP contribution in [0.3, 0.4) is 0 Å². The second kappa shape index (κ2) is 9.78. The lowest BCUT2D eigenvalue weighted by molar-refractivity contribution is -0.383. The van der Waals surface area contributed by atoms with Crippen LogP contribution in [-0.4, -0.2) is 39.0 Å². The highest BCUT2D eigenvalue weighted by Crippen LogP contribution is 2.30. The number of carboxylic acids is 1. The molecule has 0 saturated carbocycles. The van der Waals surface area contributed by atoms with Gasteiger partial charge in [-0.15, -0.1) is 0 Å². The Morgan fingerprint density at radius 1 is 1.26 bits per heavy atom. The van der Waals surface area contributed by atoms with Crippen LogP contribution in [0.5, 0.6) is 0 Å². The average molecular weight is 393 g/mol. The molecule has 0 radical (unpaired) electrons. The van der Waals surface area contributed by atoms with Crippen molar-refractivity contribution in [2.75, 3.05) is 6.54 Å². The molecule has 10 nitrogen and oxygen atoms in total. The van der Waals surface area contributed by atoms with E-state index in [1.54, 1.807) is 6.07 Å². The number of hydrogen-bond donors (Lipinski definition) is 3. The average Bonchev–Trinajstić information content (AvgIpc) is 3.06. The van der Waals surface area contributed by atoms with Gasteiger partial charge in [-0.25, -0.2) is 9.42 Å². The van der Waals surface area contributed by atoms with Crippen molar-refractivity contribution in [1.82, 2.24) is 10.3 Å². The predicted octanol–water partition coefficient (Wildman–Crippen LogP) is 2.28. The highest BCUT2D eigenvalue weighted by molar-refractivity contribution is 5.86. The Hall–Kier alpha value is -2.80. The van der Waals surface area contributed by atoms with E-state index in [1.165, 1.54) is 6.07 Å². The zero-order valence-electron chi connectivity index (χ0n) is 14.0. The number of unbranched alkanes of at least 4 members (excludes halogenated alkanes) is 2. The molecule has 2 aromatic rings. The van der Waals surface area contributed by atoms with E-state index in [0.717, 1.165) is 31.2 Å². The molecule has 13 heteroatoms. The molecule has 0 saturated heterocycles. The van der Waals surface area contributed by atoms with Gasteiger partial charge in [0.1, 0.15) is 5.52 Å². The molecule has 0 aliphatic carbocycles. The van der Waals surface area contributed by atoms with Crippen molar-refractivity contribution >= 4 is 22.7 Å². The minimum atomic E-state index is -5.08. The van der Waals surface area contributed by atoms with Gasteiger partial charge in [0.2, 0.25) is 5.52 Å². The van der Waals surface area contributed by atoms with Crippen LogP contribution in [-0.2, 0) is 4.79 Å². The minimum Gasteiger partial charge on any atom is -0.475 e. The zero-order chi connectivity index (χ0) is 20.6. The Bertz CT molecular complexity index is 780. The molecule has 0 aliphatic heterocycles. The Labute approximate surface area is 150 Å².